The number of fused-ring (bicyclic) bond motifs is 1. The molecule has 0 spiro atoms. The average Bonchev–Trinajstić information content (AvgIpc) is 3.23. The lowest BCUT2D eigenvalue weighted by Gasteiger charge is -2.24. The number of nitrogens with one attached hydrogen (secondary N) is 2. The Kier molecular flexibility index (Phi) is 6.23. The lowest BCUT2D eigenvalue weighted by molar-refractivity contribution is -0.132. The van der Waals surface area contributed by atoms with Crippen molar-refractivity contribution in [2.75, 3.05) is 24.4 Å². The molecule has 0 radical (unpaired) electrons. The van der Waals surface area contributed by atoms with Crippen LogP contribution in [0, 0.1) is 0 Å². The van der Waals surface area contributed by atoms with Crippen molar-refractivity contribution >= 4 is 35.0 Å². The van der Waals surface area contributed by atoms with Gasteiger partial charge < -0.3 is 25.2 Å². The molecule has 3 aromatic rings. The number of hydrogen-bond donors (Lipinski definition) is 3. The standard InChI is InChI=1S/C23H21ClN4O5/c1-3-33-15-7-4-13(5-8-15)19-11-18(23(30)31)27-21-16(12-25-28(19)21)22(29)26-14-6-9-20(32-2)17(24)10-14/h4-12,19,27H,3H2,1-2H3,(H,26,29)(H,30,31)/t19-/m0/s1. The van der Waals surface area contributed by atoms with Gasteiger partial charge in [-0.1, -0.05) is 23.7 Å². The molecule has 3 N–H and O–H groups in total. The number of benzene rings is 2. The molecule has 1 aliphatic rings. The molecule has 10 heteroatoms. The fourth-order valence-corrected chi connectivity index (χ4v) is 3.75. The highest BCUT2D eigenvalue weighted by atomic mass is 35.5. The Morgan fingerprint density at radius 3 is 2.64 bits per heavy atom. The van der Waals surface area contributed by atoms with Gasteiger partial charge in [-0.05, 0) is 48.9 Å². The Bertz CT molecular complexity index is 1240. The molecule has 2 aromatic carbocycles. The van der Waals surface area contributed by atoms with Crippen LogP contribution >= 0.6 is 11.6 Å². The van der Waals surface area contributed by atoms with Crippen molar-refractivity contribution in [1.29, 1.82) is 0 Å². The number of carboxylic acids is 1. The third-order valence-electron chi connectivity index (χ3n) is 5.05. The molecule has 0 aliphatic carbocycles. The largest absolute Gasteiger partial charge is 0.495 e. The van der Waals surface area contributed by atoms with E-state index in [1.165, 1.54) is 13.3 Å². The maximum Gasteiger partial charge on any atom is 0.352 e. The van der Waals surface area contributed by atoms with Crippen molar-refractivity contribution in [2.45, 2.75) is 13.0 Å². The van der Waals surface area contributed by atoms with Crippen LogP contribution in [0.4, 0.5) is 11.5 Å². The molecule has 33 heavy (non-hydrogen) atoms. The second-order valence-electron chi connectivity index (χ2n) is 7.11. The second-order valence-corrected chi connectivity index (χ2v) is 7.52. The number of carbonyl (C=O) groups is 2. The van der Waals surface area contributed by atoms with Gasteiger partial charge >= 0.3 is 5.97 Å². The summed E-state index contributed by atoms with van der Waals surface area (Å²) < 4.78 is 12.2. The molecule has 1 amide bonds. The monoisotopic (exact) mass is 468 g/mol. The van der Waals surface area contributed by atoms with Crippen LogP contribution in [0.1, 0.15) is 28.9 Å². The fraction of sp³-hybridized carbons (Fsp3) is 0.174. The number of aliphatic carboxylic acids is 1. The minimum atomic E-state index is -1.15. The van der Waals surface area contributed by atoms with E-state index in [1.807, 2.05) is 19.1 Å². The van der Waals surface area contributed by atoms with E-state index in [0.717, 1.165) is 5.56 Å². The Morgan fingerprint density at radius 1 is 1.24 bits per heavy atom. The first-order chi connectivity index (χ1) is 15.9. The molecular weight excluding hydrogens is 448 g/mol. The molecule has 0 saturated carbocycles. The molecule has 4 rings (SSSR count). The lowest BCUT2D eigenvalue weighted by atomic mass is 10.0. The zero-order valence-corrected chi connectivity index (χ0v) is 18.6. The molecule has 1 aromatic heterocycles. The van der Waals surface area contributed by atoms with Gasteiger partial charge in [-0.3, -0.25) is 4.79 Å². The summed E-state index contributed by atoms with van der Waals surface area (Å²) in [5, 5.41) is 19.9. The van der Waals surface area contributed by atoms with Crippen molar-refractivity contribution in [3.8, 4) is 11.5 Å². The number of amides is 1. The maximum absolute atomic E-state index is 13.0. The van der Waals surface area contributed by atoms with Gasteiger partial charge in [0.1, 0.15) is 28.6 Å². The van der Waals surface area contributed by atoms with Gasteiger partial charge in [0.25, 0.3) is 5.91 Å². The van der Waals surface area contributed by atoms with Gasteiger partial charge in [-0.2, -0.15) is 5.10 Å². The van der Waals surface area contributed by atoms with Crippen molar-refractivity contribution < 1.29 is 24.2 Å². The summed E-state index contributed by atoms with van der Waals surface area (Å²) in [4.78, 5) is 24.8. The Labute approximate surface area is 194 Å². The van der Waals surface area contributed by atoms with Crippen LogP contribution < -0.4 is 20.1 Å². The van der Waals surface area contributed by atoms with Crippen LogP contribution in [-0.2, 0) is 4.79 Å². The van der Waals surface area contributed by atoms with E-state index in [4.69, 9.17) is 21.1 Å². The van der Waals surface area contributed by atoms with Gasteiger partial charge in [0.15, 0.2) is 0 Å². The highest BCUT2D eigenvalue weighted by Crippen LogP contribution is 2.33. The van der Waals surface area contributed by atoms with Crippen LogP contribution in [0.25, 0.3) is 0 Å². The van der Waals surface area contributed by atoms with Crippen LogP contribution in [0.15, 0.2) is 60.4 Å². The van der Waals surface area contributed by atoms with E-state index in [0.29, 0.717) is 28.8 Å². The number of aromatic nitrogens is 2. The van der Waals surface area contributed by atoms with Crippen LogP contribution in [0.3, 0.4) is 0 Å². The molecule has 2 heterocycles. The summed E-state index contributed by atoms with van der Waals surface area (Å²) in [6, 6.07) is 11.6. The van der Waals surface area contributed by atoms with Crippen LogP contribution in [0.5, 0.6) is 11.5 Å². The number of rotatable bonds is 7. The van der Waals surface area contributed by atoms with E-state index in [2.05, 4.69) is 15.7 Å². The summed E-state index contributed by atoms with van der Waals surface area (Å²) >= 11 is 6.14. The van der Waals surface area contributed by atoms with Gasteiger partial charge in [-0.25, -0.2) is 9.48 Å². The number of nitrogens with zero attached hydrogens (tertiary/aromatic N) is 2. The minimum absolute atomic E-state index is 0.0524. The smallest absolute Gasteiger partial charge is 0.352 e. The van der Waals surface area contributed by atoms with Crippen molar-refractivity contribution in [3.05, 3.63) is 76.6 Å². The number of methoxy groups -OCH3 is 1. The van der Waals surface area contributed by atoms with E-state index >= 15 is 0 Å². The van der Waals surface area contributed by atoms with Gasteiger partial charge in [0.05, 0.1) is 31.0 Å². The van der Waals surface area contributed by atoms with Gasteiger partial charge in [0.2, 0.25) is 0 Å². The van der Waals surface area contributed by atoms with Crippen LogP contribution in [0.2, 0.25) is 5.02 Å². The highest BCUT2D eigenvalue weighted by molar-refractivity contribution is 6.32. The Balaban J connectivity index is 1.66. The molecule has 170 valence electrons. The molecule has 1 atom stereocenters. The molecule has 0 fully saturated rings. The third-order valence-corrected chi connectivity index (χ3v) is 5.35. The number of anilines is 2. The summed E-state index contributed by atoms with van der Waals surface area (Å²) in [6.07, 6.45) is 2.94. The van der Waals surface area contributed by atoms with E-state index in [-0.39, 0.29) is 17.1 Å². The number of carboxylic acid groups (broad SMARTS) is 1. The lowest BCUT2D eigenvalue weighted by Crippen LogP contribution is -2.25. The summed E-state index contributed by atoms with van der Waals surface area (Å²) in [6.45, 7) is 2.43. The van der Waals surface area contributed by atoms with Crippen molar-refractivity contribution in [1.82, 2.24) is 9.78 Å². The number of hydrogen-bond acceptors (Lipinski definition) is 6. The fourth-order valence-electron chi connectivity index (χ4n) is 3.49. The van der Waals surface area contributed by atoms with Crippen LogP contribution in [-0.4, -0.2) is 40.5 Å². The first kappa shape index (κ1) is 22.2. The summed E-state index contributed by atoms with van der Waals surface area (Å²) in [5.41, 5.74) is 1.38. The molecule has 0 bridgehead atoms. The molecule has 1 aliphatic heterocycles. The van der Waals surface area contributed by atoms with Gasteiger partial charge in [0, 0.05) is 5.69 Å². The second kappa shape index (κ2) is 9.25. The predicted molar refractivity (Wildman–Crippen MR) is 123 cm³/mol. The number of ether oxygens (including phenoxy) is 2. The van der Waals surface area contributed by atoms with Crippen molar-refractivity contribution in [2.24, 2.45) is 0 Å². The van der Waals surface area contributed by atoms with E-state index in [1.54, 1.807) is 41.1 Å². The molecule has 0 saturated heterocycles. The Morgan fingerprint density at radius 2 is 2.00 bits per heavy atom. The highest BCUT2D eigenvalue weighted by Gasteiger charge is 2.29. The zero-order valence-electron chi connectivity index (χ0n) is 17.8. The van der Waals surface area contributed by atoms with Crippen molar-refractivity contribution in [3.63, 3.8) is 0 Å². The minimum Gasteiger partial charge on any atom is -0.495 e. The van der Waals surface area contributed by atoms with E-state index in [9.17, 15) is 14.7 Å². The first-order valence-electron chi connectivity index (χ1n) is 10.1. The summed E-state index contributed by atoms with van der Waals surface area (Å²) in [7, 11) is 1.50. The predicted octanol–water partition coefficient (Wildman–Crippen LogP) is 4.18. The summed E-state index contributed by atoms with van der Waals surface area (Å²) in [5.74, 6) is -0.162. The maximum atomic E-state index is 13.0. The zero-order chi connectivity index (χ0) is 23.5. The SMILES string of the molecule is CCOc1ccc([C@@H]2C=C(C(=O)O)Nc3c(C(=O)Nc4ccc(OC)c(Cl)c4)cnn32)cc1. The number of allylic oxidation sites excluding steroid dienone is 1. The normalized spacial score (nSPS) is 14.5. The third kappa shape index (κ3) is 4.49. The number of carbonyl (C=O) groups excluding carboxylic acids is 1. The quantitative estimate of drug-likeness (QED) is 0.476. The molecule has 0 unspecified atom stereocenters. The average molecular weight is 469 g/mol. The van der Waals surface area contributed by atoms with Gasteiger partial charge in [-0.15, -0.1) is 0 Å². The molecule has 9 nitrogen and oxygen atoms in total. The molecular formula is C23H21ClN4O5. The number of halogens is 1. The Hall–Kier alpha value is -3.98. The first-order valence-corrected chi connectivity index (χ1v) is 10.5. The topological polar surface area (TPSA) is 115 Å². The van der Waals surface area contributed by atoms with E-state index < -0.39 is 17.9 Å².